The first-order valence-corrected chi connectivity index (χ1v) is 11.3. The minimum absolute atomic E-state index is 0.0347. The normalized spacial score (nSPS) is 23.5. The topological polar surface area (TPSA) is 69.0 Å². The Bertz CT molecular complexity index is 1090. The molecule has 182 valence electrons. The van der Waals surface area contributed by atoms with Crippen molar-refractivity contribution in [3.05, 3.63) is 36.0 Å². The summed E-state index contributed by atoms with van der Waals surface area (Å²) in [6.45, 7) is -0.111. The summed E-state index contributed by atoms with van der Waals surface area (Å²) >= 11 is 0. The van der Waals surface area contributed by atoms with Crippen LogP contribution in [0.4, 0.5) is 27.6 Å². The number of halogens is 5. The molecule has 10 heteroatoms. The van der Waals surface area contributed by atoms with Gasteiger partial charge in [-0.15, -0.1) is 0 Å². The van der Waals surface area contributed by atoms with Gasteiger partial charge in [0.05, 0.1) is 17.0 Å². The molecule has 1 N–H and O–H groups in total. The van der Waals surface area contributed by atoms with E-state index in [1.807, 2.05) is 6.07 Å². The Morgan fingerprint density at radius 3 is 2.62 bits per heavy atom. The number of pyridine rings is 1. The van der Waals surface area contributed by atoms with Gasteiger partial charge in [-0.1, -0.05) is 0 Å². The van der Waals surface area contributed by atoms with Gasteiger partial charge in [0.25, 0.3) is 0 Å². The van der Waals surface area contributed by atoms with Gasteiger partial charge in [0.1, 0.15) is 6.07 Å². The summed E-state index contributed by atoms with van der Waals surface area (Å²) in [7, 11) is 0. The van der Waals surface area contributed by atoms with Crippen molar-refractivity contribution in [2.45, 2.75) is 56.7 Å². The SMILES string of the molecule is N#Cc1ccc(N2CC(C(F)(F)F)C[C@@H](NC(=O)CC3CCC(F)(F)CC3)C2)c2cccnc12. The number of nitrogens with one attached hydrogen (secondary N) is 1. The third-order valence-electron chi connectivity index (χ3n) is 6.80. The van der Waals surface area contributed by atoms with Gasteiger partial charge in [-0.05, 0) is 49.4 Å². The van der Waals surface area contributed by atoms with Gasteiger partial charge in [-0.25, -0.2) is 8.78 Å². The number of nitrogens with zero attached hydrogens (tertiary/aromatic N) is 3. The number of alkyl halides is 5. The predicted molar refractivity (Wildman–Crippen MR) is 116 cm³/mol. The number of hydrogen-bond donors (Lipinski definition) is 1. The van der Waals surface area contributed by atoms with Crippen LogP contribution in [0.5, 0.6) is 0 Å². The number of benzene rings is 1. The number of carbonyl (C=O) groups excluding carboxylic acids is 1. The fourth-order valence-corrected chi connectivity index (χ4v) is 5.01. The second kappa shape index (κ2) is 9.35. The highest BCUT2D eigenvalue weighted by atomic mass is 19.4. The zero-order chi connectivity index (χ0) is 24.5. The molecule has 0 bridgehead atoms. The lowest BCUT2D eigenvalue weighted by atomic mass is 9.84. The van der Waals surface area contributed by atoms with Gasteiger partial charge in [0.2, 0.25) is 11.8 Å². The minimum atomic E-state index is -4.45. The van der Waals surface area contributed by atoms with E-state index in [1.165, 1.54) is 12.3 Å². The van der Waals surface area contributed by atoms with Crippen LogP contribution in [0.25, 0.3) is 10.9 Å². The average molecular weight is 480 g/mol. The number of fused-ring (bicyclic) bond motifs is 1. The Morgan fingerprint density at radius 2 is 1.94 bits per heavy atom. The van der Waals surface area contributed by atoms with Gasteiger partial charge in [0, 0.05) is 55.7 Å². The van der Waals surface area contributed by atoms with Crippen LogP contribution in [0.1, 0.15) is 44.1 Å². The molecule has 0 spiro atoms. The molecule has 1 amide bonds. The van der Waals surface area contributed by atoms with E-state index in [9.17, 15) is 32.0 Å². The van der Waals surface area contributed by atoms with E-state index in [2.05, 4.69) is 10.3 Å². The van der Waals surface area contributed by atoms with Crippen molar-refractivity contribution in [2.75, 3.05) is 18.0 Å². The number of piperidine rings is 1. The molecule has 2 heterocycles. The third kappa shape index (κ3) is 5.40. The van der Waals surface area contributed by atoms with Crippen LogP contribution in [0.3, 0.4) is 0 Å². The molecule has 34 heavy (non-hydrogen) atoms. The van der Waals surface area contributed by atoms with Crippen LogP contribution < -0.4 is 10.2 Å². The Balaban J connectivity index is 1.52. The van der Waals surface area contributed by atoms with E-state index in [-0.39, 0.29) is 57.5 Å². The summed E-state index contributed by atoms with van der Waals surface area (Å²) in [6.07, 6.45) is -3.22. The molecule has 1 saturated carbocycles. The number of anilines is 1. The van der Waals surface area contributed by atoms with Gasteiger partial charge in [0.15, 0.2) is 0 Å². The molecule has 1 saturated heterocycles. The van der Waals surface area contributed by atoms with Gasteiger partial charge in [-0.2, -0.15) is 18.4 Å². The summed E-state index contributed by atoms with van der Waals surface area (Å²) in [5.74, 6) is -4.95. The highest BCUT2D eigenvalue weighted by molar-refractivity contribution is 5.95. The summed E-state index contributed by atoms with van der Waals surface area (Å²) < 4.78 is 68.0. The summed E-state index contributed by atoms with van der Waals surface area (Å²) in [5.41, 5.74) is 1.25. The molecule has 1 aromatic heterocycles. The van der Waals surface area contributed by atoms with Crippen LogP contribution >= 0.6 is 0 Å². The fraction of sp³-hybridized carbons (Fsp3) is 0.542. The van der Waals surface area contributed by atoms with E-state index in [1.54, 1.807) is 23.1 Å². The Kier molecular flexibility index (Phi) is 6.65. The maximum Gasteiger partial charge on any atom is 0.393 e. The monoisotopic (exact) mass is 480 g/mol. The molecule has 0 radical (unpaired) electrons. The summed E-state index contributed by atoms with van der Waals surface area (Å²) in [4.78, 5) is 18.4. The molecule has 2 aromatic rings. The third-order valence-corrected chi connectivity index (χ3v) is 6.80. The van der Waals surface area contributed by atoms with E-state index in [0.717, 1.165) is 0 Å². The van der Waals surface area contributed by atoms with Gasteiger partial charge in [-0.3, -0.25) is 9.78 Å². The lowest BCUT2D eigenvalue weighted by Gasteiger charge is -2.40. The van der Waals surface area contributed by atoms with E-state index >= 15 is 0 Å². The van der Waals surface area contributed by atoms with E-state index in [4.69, 9.17) is 0 Å². The smallest absolute Gasteiger partial charge is 0.368 e. The molecule has 5 nitrogen and oxygen atoms in total. The Hall–Kier alpha value is -2.96. The fourth-order valence-electron chi connectivity index (χ4n) is 5.01. The second-order valence-electron chi connectivity index (χ2n) is 9.29. The van der Waals surface area contributed by atoms with Crippen molar-refractivity contribution in [3.63, 3.8) is 0 Å². The molecule has 1 aliphatic heterocycles. The predicted octanol–water partition coefficient (Wildman–Crippen LogP) is 5.20. The largest absolute Gasteiger partial charge is 0.393 e. The number of nitriles is 1. The van der Waals surface area contributed by atoms with Crippen molar-refractivity contribution >= 4 is 22.5 Å². The van der Waals surface area contributed by atoms with Crippen molar-refractivity contribution < 1.29 is 26.7 Å². The van der Waals surface area contributed by atoms with Crippen molar-refractivity contribution in [2.24, 2.45) is 11.8 Å². The van der Waals surface area contributed by atoms with Crippen LogP contribution in [-0.4, -0.2) is 42.1 Å². The summed E-state index contributed by atoms with van der Waals surface area (Å²) in [6, 6.07) is 7.81. The highest BCUT2D eigenvalue weighted by Gasteiger charge is 2.45. The lowest BCUT2D eigenvalue weighted by molar-refractivity contribution is -0.178. The van der Waals surface area contributed by atoms with Crippen LogP contribution in [-0.2, 0) is 4.79 Å². The van der Waals surface area contributed by atoms with Crippen molar-refractivity contribution in [1.29, 1.82) is 5.26 Å². The lowest BCUT2D eigenvalue weighted by Crippen LogP contribution is -2.54. The summed E-state index contributed by atoms with van der Waals surface area (Å²) in [5, 5.41) is 12.6. The molecular formula is C24H25F5N4O. The number of aromatic nitrogens is 1. The number of amides is 1. The van der Waals surface area contributed by atoms with Crippen LogP contribution in [0.2, 0.25) is 0 Å². The maximum absolute atomic E-state index is 13.8. The zero-order valence-corrected chi connectivity index (χ0v) is 18.4. The molecule has 1 aliphatic carbocycles. The van der Waals surface area contributed by atoms with Crippen molar-refractivity contribution in [1.82, 2.24) is 10.3 Å². The minimum Gasteiger partial charge on any atom is -0.368 e. The van der Waals surface area contributed by atoms with Crippen LogP contribution in [0.15, 0.2) is 30.5 Å². The van der Waals surface area contributed by atoms with Gasteiger partial charge >= 0.3 is 6.18 Å². The maximum atomic E-state index is 13.8. The molecular weight excluding hydrogens is 455 g/mol. The molecule has 4 rings (SSSR count). The number of hydrogen-bond acceptors (Lipinski definition) is 4. The van der Waals surface area contributed by atoms with Crippen molar-refractivity contribution in [3.8, 4) is 6.07 Å². The van der Waals surface area contributed by atoms with E-state index < -0.39 is 30.0 Å². The molecule has 2 fully saturated rings. The first-order chi connectivity index (χ1) is 16.1. The first-order valence-electron chi connectivity index (χ1n) is 11.3. The second-order valence-corrected chi connectivity index (χ2v) is 9.29. The number of carbonyl (C=O) groups is 1. The number of rotatable bonds is 4. The van der Waals surface area contributed by atoms with Gasteiger partial charge < -0.3 is 10.2 Å². The molecule has 1 aromatic carbocycles. The molecule has 1 unspecified atom stereocenters. The zero-order valence-electron chi connectivity index (χ0n) is 18.4. The highest BCUT2D eigenvalue weighted by Crippen LogP contribution is 2.39. The van der Waals surface area contributed by atoms with Crippen LogP contribution in [0, 0.1) is 23.2 Å². The Labute approximate surface area is 193 Å². The van der Waals surface area contributed by atoms with E-state index in [0.29, 0.717) is 22.2 Å². The first kappa shape index (κ1) is 24.2. The Morgan fingerprint density at radius 1 is 1.21 bits per heavy atom. The molecule has 2 atom stereocenters. The standard InChI is InChI=1S/C24H25F5N4O/c25-23(26)7-5-15(6-8-23)10-21(34)32-18-11-17(24(27,28)29)13-33(14-18)20-4-3-16(12-30)22-19(20)2-1-9-31-22/h1-4,9,15,17-18H,5-8,10-11,13-14H2,(H,32,34)/t17?,18-/m1/s1. The quantitative estimate of drug-likeness (QED) is 0.611. The average Bonchev–Trinajstić information content (AvgIpc) is 2.79. The molecule has 2 aliphatic rings.